The number of alkyl halides is 1. The average Bonchev–Trinajstić information content (AvgIpc) is 2.51. The summed E-state index contributed by atoms with van der Waals surface area (Å²) in [6.45, 7) is 4.23. The number of hydrogen-bond acceptors (Lipinski definition) is 3. The van der Waals surface area contributed by atoms with E-state index in [0.29, 0.717) is 16.8 Å². The van der Waals surface area contributed by atoms with Gasteiger partial charge in [0.25, 0.3) is 0 Å². The van der Waals surface area contributed by atoms with E-state index >= 15 is 0 Å². The second-order valence-electron chi connectivity index (χ2n) is 4.92. The van der Waals surface area contributed by atoms with Crippen molar-refractivity contribution in [3.63, 3.8) is 0 Å². The Morgan fingerprint density at radius 3 is 2.43 bits per heavy atom. The maximum atomic E-state index is 12.8. The minimum absolute atomic E-state index is 0.00458. The molecule has 21 heavy (non-hydrogen) atoms. The fraction of sp³-hybridized carbons (Fsp3) is 0.118. The molecule has 0 saturated carbocycles. The van der Waals surface area contributed by atoms with E-state index in [9.17, 15) is 4.79 Å². The van der Waals surface area contributed by atoms with Crippen LogP contribution >= 0.6 is 0 Å². The van der Waals surface area contributed by atoms with Crippen LogP contribution in [-0.4, -0.2) is 17.8 Å². The Morgan fingerprint density at radius 2 is 1.76 bits per heavy atom. The first-order valence-corrected chi connectivity index (χ1v) is 9.67. The fourth-order valence-electron chi connectivity index (χ4n) is 2.72. The van der Waals surface area contributed by atoms with Gasteiger partial charge in [0, 0.05) is 0 Å². The summed E-state index contributed by atoms with van der Waals surface area (Å²) in [4.78, 5) is 15.0. The van der Waals surface area contributed by atoms with Gasteiger partial charge in [0.05, 0.1) is 0 Å². The zero-order valence-corrected chi connectivity index (χ0v) is 14.1. The molecule has 3 nitrogen and oxygen atoms in total. The maximum absolute atomic E-state index is 12.8. The molecular formula is C17H16IN2O-. The first-order valence-electron chi connectivity index (χ1n) is 6.55. The minimum atomic E-state index is -0.123. The van der Waals surface area contributed by atoms with Gasteiger partial charge in [0.1, 0.15) is 0 Å². The summed E-state index contributed by atoms with van der Waals surface area (Å²) < 4.78 is 2.21. The first-order chi connectivity index (χ1) is 10.1. The third kappa shape index (κ3) is 2.05. The summed E-state index contributed by atoms with van der Waals surface area (Å²) in [6, 6.07) is 11.4. The molecule has 0 bridgehead atoms. The molecule has 0 radical (unpaired) electrons. The number of nitrogens with two attached hydrogens (primary N) is 1. The first kappa shape index (κ1) is 14.1. The Kier molecular flexibility index (Phi) is 3.49. The number of benzene rings is 2. The van der Waals surface area contributed by atoms with E-state index in [-0.39, 0.29) is 27.3 Å². The average molecular weight is 391 g/mol. The van der Waals surface area contributed by atoms with Crippen LogP contribution in [0, 0.1) is 0 Å². The Morgan fingerprint density at radius 1 is 1.10 bits per heavy atom. The van der Waals surface area contributed by atoms with E-state index < -0.39 is 0 Å². The molecule has 0 aromatic heterocycles. The van der Waals surface area contributed by atoms with Crippen LogP contribution in [0.3, 0.4) is 0 Å². The van der Waals surface area contributed by atoms with Crippen LogP contribution in [0.1, 0.15) is 27.0 Å². The fourth-order valence-corrected chi connectivity index (χ4v) is 3.64. The van der Waals surface area contributed by atoms with Gasteiger partial charge >= 0.3 is 135 Å². The van der Waals surface area contributed by atoms with Gasteiger partial charge in [-0.1, -0.05) is 0 Å². The second-order valence-corrected chi connectivity index (χ2v) is 7.34. The van der Waals surface area contributed by atoms with Crippen molar-refractivity contribution in [3.8, 4) is 0 Å². The summed E-state index contributed by atoms with van der Waals surface area (Å²) in [7, 11) is 2.05. The molecule has 108 valence electrons. The molecule has 0 spiro atoms. The van der Waals surface area contributed by atoms with Crippen molar-refractivity contribution in [2.75, 3.05) is 20.8 Å². The molecule has 0 saturated heterocycles. The summed E-state index contributed by atoms with van der Waals surface area (Å²) >= 11 is -0.123. The van der Waals surface area contributed by atoms with Crippen molar-refractivity contribution in [1.29, 1.82) is 0 Å². The van der Waals surface area contributed by atoms with Crippen molar-refractivity contribution in [2.24, 2.45) is 0 Å². The number of halogens is 1. The van der Waals surface area contributed by atoms with Gasteiger partial charge in [-0.25, -0.2) is 0 Å². The SMILES string of the molecule is C=C1c2ccccc2C(=O)c2c(N)ccc(N(C)[I-]C)c21. The van der Waals surface area contributed by atoms with Crippen molar-refractivity contribution in [3.05, 3.63) is 65.2 Å². The third-order valence-electron chi connectivity index (χ3n) is 3.83. The normalized spacial score (nSPS) is 13.0. The predicted octanol–water partition coefficient (Wildman–Crippen LogP) is -0.0553. The summed E-state index contributed by atoms with van der Waals surface area (Å²) in [6.07, 6.45) is 0. The van der Waals surface area contributed by atoms with E-state index in [4.69, 9.17) is 5.73 Å². The molecule has 4 heteroatoms. The Bertz CT molecular complexity index is 767. The van der Waals surface area contributed by atoms with Crippen molar-refractivity contribution >= 4 is 22.7 Å². The Labute approximate surface area is 135 Å². The van der Waals surface area contributed by atoms with E-state index in [0.717, 1.165) is 22.4 Å². The van der Waals surface area contributed by atoms with Gasteiger partial charge in [-0.3, -0.25) is 0 Å². The molecule has 3 rings (SSSR count). The number of rotatable bonds is 2. The number of fused-ring (bicyclic) bond motifs is 2. The standard InChI is InChI=1S/C17H16IN2O/c1-10-11-6-4-5-7-12(11)17(21)16-13(19)8-9-14(15(10)16)20(3)18-2/h4-9H,1,19H2,2-3H3/q-1. The molecule has 0 aliphatic heterocycles. The number of nitrogens with zero attached hydrogens (tertiary/aromatic N) is 1. The number of ketones is 1. The van der Waals surface area contributed by atoms with Crippen LogP contribution in [0.15, 0.2) is 43.0 Å². The van der Waals surface area contributed by atoms with Gasteiger partial charge in [0.15, 0.2) is 0 Å². The van der Waals surface area contributed by atoms with Gasteiger partial charge < -0.3 is 0 Å². The van der Waals surface area contributed by atoms with Crippen LogP contribution in [0.2, 0.25) is 0 Å². The molecule has 2 aromatic carbocycles. The molecule has 0 heterocycles. The zero-order valence-electron chi connectivity index (χ0n) is 12.0. The van der Waals surface area contributed by atoms with Crippen LogP contribution in [-0.2, 0) is 0 Å². The Balaban J connectivity index is 2.34. The van der Waals surface area contributed by atoms with Crippen LogP contribution in [0.4, 0.5) is 11.4 Å². The van der Waals surface area contributed by atoms with Crippen LogP contribution in [0.25, 0.3) is 5.57 Å². The van der Waals surface area contributed by atoms with Crippen molar-refractivity contribution < 1.29 is 26.3 Å². The molecule has 0 fully saturated rings. The summed E-state index contributed by atoms with van der Waals surface area (Å²) in [5, 5.41) is 0. The molecule has 0 atom stereocenters. The van der Waals surface area contributed by atoms with Gasteiger partial charge in [-0.2, -0.15) is 0 Å². The monoisotopic (exact) mass is 391 g/mol. The zero-order chi connectivity index (χ0) is 15.1. The van der Waals surface area contributed by atoms with Crippen LogP contribution < -0.4 is 30.3 Å². The quantitative estimate of drug-likeness (QED) is 0.288. The number of carbonyl (C=O) groups excluding carboxylic acids is 1. The Hall–Kier alpha value is -1.82. The predicted molar refractivity (Wildman–Crippen MR) is 83.2 cm³/mol. The number of hydrogen-bond donors (Lipinski definition) is 1. The van der Waals surface area contributed by atoms with Crippen molar-refractivity contribution in [1.82, 2.24) is 0 Å². The van der Waals surface area contributed by atoms with E-state index in [1.807, 2.05) is 36.4 Å². The second kappa shape index (κ2) is 5.18. The molecule has 1 aliphatic rings. The number of anilines is 2. The van der Waals surface area contributed by atoms with Gasteiger partial charge in [-0.15, -0.1) is 0 Å². The third-order valence-corrected chi connectivity index (χ3v) is 5.79. The topological polar surface area (TPSA) is 46.3 Å². The summed E-state index contributed by atoms with van der Waals surface area (Å²) in [5.74, 6) is -0.00458. The van der Waals surface area contributed by atoms with Crippen LogP contribution in [0.5, 0.6) is 0 Å². The molecule has 2 N–H and O–H groups in total. The summed E-state index contributed by atoms with van der Waals surface area (Å²) in [5.41, 5.74) is 11.6. The van der Waals surface area contributed by atoms with E-state index in [1.54, 1.807) is 0 Å². The van der Waals surface area contributed by atoms with Gasteiger partial charge in [-0.05, 0) is 0 Å². The molecule has 0 amide bonds. The molecular weight excluding hydrogens is 375 g/mol. The van der Waals surface area contributed by atoms with Crippen molar-refractivity contribution in [2.45, 2.75) is 0 Å². The number of carbonyl (C=O) groups is 1. The molecule has 0 unspecified atom stereocenters. The van der Waals surface area contributed by atoms with E-state index in [2.05, 4.69) is 21.7 Å². The molecule has 1 aliphatic carbocycles. The van der Waals surface area contributed by atoms with Gasteiger partial charge in [0.2, 0.25) is 0 Å². The molecule has 2 aromatic rings. The van der Waals surface area contributed by atoms with E-state index in [1.165, 1.54) is 0 Å². The number of nitrogen functional groups attached to an aromatic ring is 1.